The molecule has 0 spiro atoms. The first-order valence-electron chi connectivity index (χ1n) is 9.85. The van der Waals surface area contributed by atoms with Crippen molar-refractivity contribution in [3.63, 3.8) is 0 Å². The molecule has 1 N–H and O–H groups in total. The summed E-state index contributed by atoms with van der Waals surface area (Å²) in [6.45, 7) is 11.0. The number of nitrogens with one attached hydrogen (secondary N) is 1. The second-order valence-electron chi connectivity index (χ2n) is 8.05. The van der Waals surface area contributed by atoms with Gasteiger partial charge >= 0.3 is 0 Å². The van der Waals surface area contributed by atoms with Crippen LogP contribution in [-0.2, 0) is 6.54 Å². The maximum absolute atomic E-state index is 13.1. The molecule has 1 atom stereocenters. The summed E-state index contributed by atoms with van der Waals surface area (Å²) in [6.07, 6.45) is 2.01. The highest BCUT2D eigenvalue weighted by atomic mass is 16.5. The highest BCUT2D eigenvalue weighted by Crippen LogP contribution is 2.28. The van der Waals surface area contributed by atoms with E-state index in [9.17, 15) is 4.79 Å². The lowest BCUT2D eigenvalue weighted by Crippen LogP contribution is -2.38. The van der Waals surface area contributed by atoms with Crippen LogP contribution >= 0.6 is 0 Å². The Labute approximate surface area is 162 Å². The fourth-order valence-electron chi connectivity index (χ4n) is 4.06. The molecule has 27 heavy (non-hydrogen) atoms. The van der Waals surface area contributed by atoms with Crippen molar-refractivity contribution in [2.24, 2.45) is 5.92 Å². The molecule has 5 heteroatoms. The standard InChI is InChI=1S/C22H31N3O2/c1-14(2)20-11-19(23-24-20)13-25-8-6-7-17(12-25)21(26)18-9-15(3)22(27-5)16(4)10-18/h9-11,14,17H,6-8,12-13H2,1-5H3,(H,23,24)/t17-/m1/s1. The molecule has 2 aromatic rings. The van der Waals surface area contributed by atoms with Crippen LogP contribution in [0.2, 0.25) is 0 Å². The number of piperidine rings is 1. The van der Waals surface area contributed by atoms with Crippen LogP contribution < -0.4 is 4.74 Å². The minimum atomic E-state index is 0.0541. The van der Waals surface area contributed by atoms with Crippen LogP contribution in [0.15, 0.2) is 18.2 Å². The van der Waals surface area contributed by atoms with Gasteiger partial charge in [0.1, 0.15) is 5.75 Å². The Hall–Kier alpha value is -2.14. The van der Waals surface area contributed by atoms with Gasteiger partial charge in [0.2, 0.25) is 0 Å². The highest BCUT2D eigenvalue weighted by Gasteiger charge is 2.27. The Bertz CT molecular complexity index is 787. The van der Waals surface area contributed by atoms with Crippen LogP contribution in [0.4, 0.5) is 0 Å². The van der Waals surface area contributed by atoms with Gasteiger partial charge in [0.05, 0.1) is 12.8 Å². The fraction of sp³-hybridized carbons (Fsp3) is 0.545. The predicted molar refractivity (Wildman–Crippen MR) is 107 cm³/mol. The topological polar surface area (TPSA) is 58.2 Å². The number of aryl methyl sites for hydroxylation is 2. The van der Waals surface area contributed by atoms with Gasteiger partial charge in [-0.05, 0) is 68.5 Å². The Kier molecular flexibility index (Phi) is 6.00. The van der Waals surface area contributed by atoms with Crippen molar-refractivity contribution in [3.05, 3.63) is 46.3 Å². The molecule has 1 aromatic carbocycles. The van der Waals surface area contributed by atoms with Crippen molar-refractivity contribution >= 4 is 5.78 Å². The number of H-pyrrole nitrogens is 1. The first kappa shape index (κ1) is 19.6. The second-order valence-corrected chi connectivity index (χ2v) is 8.05. The summed E-state index contributed by atoms with van der Waals surface area (Å²) >= 11 is 0. The number of carbonyl (C=O) groups is 1. The van der Waals surface area contributed by atoms with Crippen LogP contribution in [0.5, 0.6) is 5.75 Å². The molecule has 0 unspecified atom stereocenters. The van der Waals surface area contributed by atoms with Gasteiger partial charge in [-0.15, -0.1) is 0 Å². The van der Waals surface area contributed by atoms with E-state index in [0.29, 0.717) is 5.92 Å². The number of Topliss-reactive ketones (excluding diaryl/α,β-unsaturated/α-hetero) is 1. The molecule has 0 aliphatic carbocycles. The Morgan fingerprint density at radius 3 is 2.59 bits per heavy atom. The number of benzene rings is 1. The van der Waals surface area contributed by atoms with Gasteiger partial charge in [-0.25, -0.2) is 0 Å². The van der Waals surface area contributed by atoms with Gasteiger partial charge in [0, 0.05) is 30.3 Å². The molecule has 1 aliphatic rings. The van der Waals surface area contributed by atoms with Gasteiger partial charge < -0.3 is 4.74 Å². The lowest BCUT2D eigenvalue weighted by molar-refractivity contribution is 0.0810. The van der Waals surface area contributed by atoms with Gasteiger partial charge in [-0.3, -0.25) is 14.8 Å². The summed E-state index contributed by atoms with van der Waals surface area (Å²) in [5.74, 6) is 1.60. The molecule has 5 nitrogen and oxygen atoms in total. The van der Waals surface area contributed by atoms with E-state index in [4.69, 9.17) is 4.74 Å². The van der Waals surface area contributed by atoms with Crippen molar-refractivity contribution in [3.8, 4) is 5.75 Å². The van der Waals surface area contributed by atoms with E-state index in [2.05, 4.69) is 35.0 Å². The van der Waals surface area contributed by atoms with E-state index in [1.54, 1.807) is 7.11 Å². The quantitative estimate of drug-likeness (QED) is 0.773. The number of likely N-dealkylation sites (tertiary alicyclic amines) is 1. The maximum atomic E-state index is 13.1. The summed E-state index contributed by atoms with van der Waals surface area (Å²) < 4.78 is 5.43. The van der Waals surface area contributed by atoms with Crippen molar-refractivity contribution in [1.82, 2.24) is 15.1 Å². The van der Waals surface area contributed by atoms with E-state index in [0.717, 1.165) is 66.3 Å². The molecule has 0 bridgehead atoms. The van der Waals surface area contributed by atoms with Crippen molar-refractivity contribution < 1.29 is 9.53 Å². The molecular formula is C22H31N3O2. The highest BCUT2D eigenvalue weighted by molar-refractivity contribution is 5.98. The number of rotatable bonds is 6. The fourth-order valence-corrected chi connectivity index (χ4v) is 4.06. The number of hydrogen-bond donors (Lipinski definition) is 1. The summed E-state index contributed by atoms with van der Waals surface area (Å²) in [4.78, 5) is 15.5. The zero-order valence-electron chi connectivity index (χ0n) is 17.1. The summed E-state index contributed by atoms with van der Waals surface area (Å²) in [7, 11) is 1.68. The minimum Gasteiger partial charge on any atom is -0.496 e. The molecule has 1 aromatic heterocycles. The van der Waals surface area contributed by atoms with Crippen LogP contribution in [0, 0.1) is 19.8 Å². The first-order valence-corrected chi connectivity index (χ1v) is 9.85. The third-order valence-electron chi connectivity index (χ3n) is 5.46. The smallest absolute Gasteiger partial charge is 0.167 e. The van der Waals surface area contributed by atoms with E-state index in [1.807, 2.05) is 26.0 Å². The monoisotopic (exact) mass is 369 g/mol. The number of hydrogen-bond acceptors (Lipinski definition) is 4. The molecule has 0 amide bonds. The van der Waals surface area contributed by atoms with E-state index in [-0.39, 0.29) is 11.7 Å². The normalized spacial score (nSPS) is 18.1. The molecule has 3 rings (SSSR count). The second kappa shape index (κ2) is 8.26. The maximum Gasteiger partial charge on any atom is 0.167 e. The Balaban J connectivity index is 1.69. The molecule has 0 radical (unpaired) electrons. The van der Waals surface area contributed by atoms with Crippen LogP contribution in [0.25, 0.3) is 0 Å². The predicted octanol–water partition coefficient (Wildman–Crippen LogP) is 4.25. The van der Waals surface area contributed by atoms with Crippen molar-refractivity contribution in [1.29, 1.82) is 0 Å². The Morgan fingerprint density at radius 2 is 2.00 bits per heavy atom. The van der Waals surface area contributed by atoms with Crippen LogP contribution in [0.3, 0.4) is 0 Å². The molecule has 1 saturated heterocycles. The van der Waals surface area contributed by atoms with Gasteiger partial charge in [0.25, 0.3) is 0 Å². The zero-order valence-corrected chi connectivity index (χ0v) is 17.1. The molecule has 1 fully saturated rings. The lowest BCUT2D eigenvalue weighted by Gasteiger charge is -2.31. The number of aromatic nitrogens is 2. The molecule has 0 saturated carbocycles. The van der Waals surface area contributed by atoms with E-state index >= 15 is 0 Å². The number of ether oxygens (including phenoxy) is 1. The molecule has 2 heterocycles. The SMILES string of the molecule is COc1c(C)cc(C(=O)[C@@H]2CCCN(Cc3cc(C(C)C)n[nH]3)C2)cc1C. The zero-order chi connectivity index (χ0) is 19.6. The molecule has 1 aliphatic heterocycles. The number of aromatic amines is 1. The largest absolute Gasteiger partial charge is 0.496 e. The average Bonchev–Trinajstić information content (AvgIpc) is 3.10. The number of ketones is 1. The van der Waals surface area contributed by atoms with E-state index in [1.165, 1.54) is 0 Å². The van der Waals surface area contributed by atoms with Crippen LogP contribution in [-0.4, -0.2) is 41.1 Å². The average molecular weight is 370 g/mol. The number of methoxy groups -OCH3 is 1. The summed E-state index contributed by atoms with van der Waals surface area (Å²) in [6, 6.07) is 6.08. The van der Waals surface area contributed by atoms with Crippen molar-refractivity contribution in [2.45, 2.75) is 53.0 Å². The van der Waals surface area contributed by atoms with Gasteiger partial charge in [0.15, 0.2) is 5.78 Å². The Morgan fingerprint density at radius 1 is 1.30 bits per heavy atom. The van der Waals surface area contributed by atoms with Gasteiger partial charge in [-0.1, -0.05) is 13.8 Å². The summed E-state index contributed by atoms with van der Waals surface area (Å²) in [5.41, 5.74) is 5.07. The van der Waals surface area contributed by atoms with E-state index < -0.39 is 0 Å². The van der Waals surface area contributed by atoms with Gasteiger partial charge in [-0.2, -0.15) is 5.10 Å². The summed E-state index contributed by atoms with van der Waals surface area (Å²) in [5, 5.41) is 7.54. The lowest BCUT2D eigenvalue weighted by atomic mass is 9.88. The minimum absolute atomic E-state index is 0.0541. The third kappa shape index (κ3) is 4.41. The molecule has 146 valence electrons. The van der Waals surface area contributed by atoms with Crippen molar-refractivity contribution in [2.75, 3.05) is 20.2 Å². The number of nitrogens with zero attached hydrogens (tertiary/aromatic N) is 2. The molecular weight excluding hydrogens is 338 g/mol. The number of carbonyl (C=O) groups excluding carboxylic acids is 1. The first-order chi connectivity index (χ1) is 12.9. The third-order valence-corrected chi connectivity index (χ3v) is 5.46. The van der Waals surface area contributed by atoms with Crippen LogP contribution in [0.1, 0.15) is 65.5 Å².